The lowest BCUT2D eigenvalue weighted by molar-refractivity contribution is 1.12. The zero-order valence-corrected chi connectivity index (χ0v) is 8.56. The summed E-state index contributed by atoms with van der Waals surface area (Å²) in [5.41, 5.74) is 0. The number of nitrogens with zero attached hydrogens (tertiary/aromatic N) is 1. The van der Waals surface area contributed by atoms with E-state index in [4.69, 9.17) is 0 Å². The van der Waals surface area contributed by atoms with E-state index in [-0.39, 0.29) is 0 Å². The fraction of sp³-hybridized carbons (Fsp3) is 0.125. The Hall–Kier alpha value is -0.540. The van der Waals surface area contributed by atoms with Crippen LogP contribution in [0.25, 0.3) is 10.1 Å². The van der Waals surface area contributed by atoms with Crippen LogP contribution in [0.5, 0.6) is 0 Å². The van der Waals surface area contributed by atoms with Gasteiger partial charge in [-0.1, -0.05) is 0 Å². The molecule has 2 aromatic rings. The molecule has 0 aromatic carbocycles. The van der Waals surface area contributed by atoms with E-state index in [9.17, 15) is 0 Å². The van der Waals surface area contributed by atoms with Crippen LogP contribution >= 0.6 is 34.9 Å². The number of isothiocyanates is 1. The molecule has 1 nitrogen and oxygen atoms in total. The van der Waals surface area contributed by atoms with Gasteiger partial charge in [-0.3, -0.25) is 0 Å². The van der Waals surface area contributed by atoms with Crippen LogP contribution in [0.2, 0.25) is 0 Å². The lowest BCUT2D eigenvalue weighted by Gasteiger charge is -1.82. The van der Waals surface area contributed by atoms with Gasteiger partial charge in [-0.2, -0.15) is 11.3 Å². The second kappa shape index (κ2) is 3.46. The first-order valence-electron chi connectivity index (χ1n) is 3.38. The van der Waals surface area contributed by atoms with E-state index in [0.717, 1.165) is 0 Å². The summed E-state index contributed by atoms with van der Waals surface area (Å²) < 4.78 is 1.34. The monoisotopic (exact) mass is 211 g/mol. The largest absolute Gasteiger partial charge is 0.227 e. The summed E-state index contributed by atoms with van der Waals surface area (Å²) in [6.45, 7) is 0.674. The smallest absolute Gasteiger partial charge is 0.0836 e. The van der Waals surface area contributed by atoms with Crippen molar-refractivity contribution in [3.8, 4) is 0 Å². The Bertz CT molecular complexity index is 405. The number of fused-ring (bicyclic) bond motifs is 1. The Balaban J connectivity index is 2.37. The number of hydrogen-bond donors (Lipinski definition) is 0. The molecule has 0 radical (unpaired) electrons. The van der Waals surface area contributed by atoms with E-state index in [1.165, 1.54) is 15.0 Å². The van der Waals surface area contributed by atoms with Crippen LogP contribution < -0.4 is 0 Å². The lowest BCUT2D eigenvalue weighted by atomic mass is 10.4. The van der Waals surface area contributed by atoms with Crippen LogP contribution in [-0.2, 0) is 6.54 Å². The molecule has 0 N–H and O–H groups in total. The van der Waals surface area contributed by atoms with Crippen molar-refractivity contribution in [2.24, 2.45) is 4.99 Å². The summed E-state index contributed by atoms with van der Waals surface area (Å²) >= 11 is 8.01. The predicted octanol–water partition coefficient (Wildman–Crippen LogP) is 3.57. The fourth-order valence-corrected chi connectivity index (χ4v) is 3.02. The molecule has 0 saturated heterocycles. The second-order valence-electron chi connectivity index (χ2n) is 2.31. The molecule has 0 fully saturated rings. The molecule has 0 spiro atoms. The minimum absolute atomic E-state index is 0.674. The van der Waals surface area contributed by atoms with Gasteiger partial charge in [-0.15, -0.1) is 11.3 Å². The van der Waals surface area contributed by atoms with Crippen molar-refractivity contribution in [1.29, 1.82) is 0 Å². The maximum Gasteiger partial charge on any atom is 0.0836 e. The van der Waals surface area contributed by atoms with Gasteiger partial charge in [0.1, 0.15) is 0 Å². The van der Waals surface area contributed by atoms with Crippen LogP contribution in [0.1, 0.15) is 4.88 Å². The van der Waals surface area contributed by atoms with E-state index in [1.54, 1.807) is 22.7 Å². The normalized spacial score (nSPS) is 10.0. The molecule has 0 bridgehead atoms. The standard InChI is InChI=1S/C8H5NS3/c10-5-9-2-7-1-6-3-11-4-8(6)12-7/h1,3-4H,2H2. The number of rotatable bonds is 2. The van der Waals surface area contributed by atoms with Crippen molar-refractivity contribution in [3.05, 3.63) is 21.7 Å². The molecule has 0 unspecified atom stereocenters. The molecule has 4 heteroatoms. The highest BCUT2D eigenvalue weighted by atomic mass is 32.1. The van der Waals surface area contributed by atoms with Gasteiger partial charge in [0, 0.05) is 20.3 Å². The van der Waals surface area contributed by atoms with Gasteiger partial charge in [-0.25, -0.2) is 4.99 Å². The van der Waals surface area contributed by atoms with Gasteiger partial charge in [0.05, 0.1) is 11.7 Å². The van der Waals surface area contributed by atoms with Gasteiger partial charge < -0.3 is 0 Å². The van der Waals surface area contributed by atoms with Crippen molar-refractivity contribution in [1.82, 2.24) is 0 Å². The SMILES string of the molecule is S=C=NCc1cc2cscc2s1. The maximum absolute atomic E-state index is 4.50. The molecule has 0 amide bonds. The highest BCUT2D eigenvalue weighted by molar-refractivity contribution is 7.78. The molecule has 0 saturated carbocycles. The predicted molar refractivity (Wildman–Crippen MR) is 58.4 cm³/mol. The van der Waals surface area contributed by atoms with Crippen LogP contribution in [0.4, 0.5) is 0 Å². The molecular formula is C8H5NS3. The summed E-state index contributed by atoms with van der Waals surface area (Å²) in [4.78, 5) is 5.15. The number of aliphatic imine (C=N–C) groups is 1. The molecule has 2 aromatic heterocycles. The van der Waals surface area contributed by atoms with Gasteiger partial charge in [0.25, 0.3) is 0 Å². The Morgan fingerprint density at radius 1 is 1.50 bits per heavy atom. The molecular weight excluding hydrogens is 206 g/mol. The van der Waals surface area contributed by atoms with Crippen LogP contribution in [0, 0.1) is 0 Å². The van der Waals surface area contributed by atoms with Crippen molar-refractivity contribution >= 4 is 50.1 Å². The average molecular weight is 211 g/mol. The molecule has 0 atom stereocenters. The zero-order chi connectivity index (χ0) is 8.39. The molecule has 12 heavy (non-hydrogen) atoms. The second-order valence-corrected chi connectivity index (χ2v) is 4.41. The summed E-state index contributed by atoms with van der Waals surface area (Å²) in [6, 6.07) is 2.16. The molecule has 2 rings (SSSR count). The molecule has 2 heterocycles. The summed E-state index contributed by atoms with van der Waals surface area (Å²) in [5, 5.41) is 8.00. The average Bonchev–Trinajstić information content (AvgIpc) is 2.58. The highest BCUT2D eigenvalue weighted by Crippen LogP contribution is 2.28. The quantitative estimate of drug-likeness (QED) is 0.546. The maximum atomic E-state index is 4.50. The van der Waals surface area contributed by atoms with Crippen molar-refractivity contribution < 1.29 is 0 Å². The zero-order valence-electron chi connectivity index (χ0n) is 6.11. The third-order valence-electron chi connectivity index (χ3n) is 1.51. The summed E-state index contributed by atoms with van der Waals surface area (Å²) in [6.07, 6.45) is 0. The number of hydrogen-bond acceptors (Lipinski definition) is 4. The Morgan fingerprint density at radius 2 is 2.42 bits per heavy atom. The van der Waals surface area contributed by atoms with Gasteiger partial charge >= 0.3 is 0 Å². The third kappa shape index (κ3) is 1.47. The topological polar surface area (TPSA) is 12.4 Å². The first kappa shape index (κ1) is 8.08. The fourth-order valence-electron chi connectivity index (χ4n) is 1.02. The van der Waals surface area contributed by atoms with E-state index in [0.29, 0.717) is 6.54 Å². The molecule has 0 aliphatic carbocycles. The minimum atomic E-state index is 0.674. The first-order chi connectivity index (χ1) is 5.90. The van der Waals surface area contributed by atoms with Crippen LogP contribution in [0.3, 0.4) is 0 Å². The van der Waals surface area contributed by atoms with E-state index in [2.05, 4.69) is 39.2 Å². The van der Waals surface area contributed by atoms with Crippen molar-refractivity contribution in [2.75, 3.05) is 0 Å². The van der Waals surface area contributed by atoms with Crippen molar-refractivity contribution in [2.45, 2.75) is 6.54 Å². The van der Waals surface area contributed by atoms with E-state index in [1.807, 2.05) is 0 Å². The van der Waals surface area contributed by atoms with Crippen molar-refractivity contribution in [3.63, 3.8) is 0 Å². The Morgan fingerprint density at radius 3 is 3.17 bits per heavy atom. The number of thiophene rings is 2. The minimum Gasteiger partial charge on any atom is -0.227 e. The summed E-state index contributed by atoms with van der Waals surface area (Å²) in [7, 11) is 0. The Kier molecular flexibility index (Phi) is 2.33. The van der Waals surface area contributed by atoms with Crippen LogP contribution in [-0.4, -0.2) is 5.16 Å². The lowest BCUT2D eigenvalue weighted by Crippen LogP contribution is -1.69. The van der Waals surface area contributed by atoms with Gasteiger partial charge in [0.2, 0.25) is 0 Å². The third-order valence-corrected chi connectivity index (χ3v) is 3.63. The number of thiocarbonyl (C=S) groups is 1. The first-order valence-corrected chi connectivity index (χ1v) is 5.55. The van der Waals surface area contributed by atoms with Crippen LogP contribution in [0.15, 0.2) is 21.8 Å². The molecule has 0 aliphatic heterocycles. The van der Waals surface area contributed by atoms with Gasteiger partial charge in [-0.05, 0) is 23.7 Å². The highest BCUT2D eigenvalue weighted by Gasteiger charge is 2.00. The summed E-state index contributed by atoms with van der Waals surface area (Å²) in [5.74, 6) is 0. The molecule has 60 valence electrons. The molecule has 0 aliphatic rings. The van der Waals surface area contributed by atoms with E-state index >= 15 is 0 Å². The van der Waals surface area contributed by atoms with E-state index < -0.39 is 0 Å². The van der Waals surface area contributed by atoms with Gasteiger partial charge in [0.15, 0.2) is 0 Å². The Labute approximate surface area is 83.4 Å².